The summed E-state index contributed by atoms with van der Waals surface area (Å²) in [6.07, 6.45) is 0. The molecular formula is C14H8ClF2NO2. The fourth-order valence-corrected chi connectivity index (χ4v) is 2.19. The third-order valence-electron chi connectivity index (χ3n) is 2.99. The van der Waals surface area contributed by atoms with Crippen molar-refractivity contribution in [3.05, 3.63) is 69.2 Å². The Morgan fingerprint density at radius 3 is 2.80 bits per heavy atom. The van der Waals surface area contributed by atoms with Gasteiger partial charge in [0.25, 0.3) is 0 Å². The van der Waals surface area contributed by atoms with Crippen LogP contribution < -0.4 is 5.76 Å². The Bertz CT molecular complexity index is 854. The lowest BCUT2D eigenvalue weighted by molar-refractivity contribution is 0.484. The summed E-state index contributed by atoms with van der Waals surface area (Å²) in [6, 6.07) is 8.51. The van der Waals surface area contributed by atoms with Crippen molar-refractivity contribution in [2.24, 2.45) is 0 Å². The van der Waals surface area contributed by atoms with Crippen molar-refractivity contribution in [2.75, 3.05) is 0 Å². The fraction of sp³-hybridized carbons (Fsp3) is 0.0714. The number of hydrogen-bond acceptors (Lipinski definition) is 2. The highest BCUT2D eigenvalue weighted by atomic mass is 35.5. The molecule has 0 saturated carbocycles. The van der Waals surface area contributed by atoms with Crippen molar-refractivity contribution in [1.29, 1.82) is 0 Å². The maximum absolute atomic E-state index is 13.6. The predicted molar refractivity (Wildman–Crippen MR) is 70.9 cm³/mol. The molecule has 0 bridgehead atoms. The van der Waals surface area contributed by atoms with E-state index in [-0.39, 0.29) is 12.1 Å². The molecule has 6 heteroatoms. The lowest BCUT2D eigenvalue weighted by Crippen LogP contribution is -2.16. The van der Waals surface area contributed by atoms with E-state index in [9.17, 15) is 13.6 Å². The third kappa shape index (κ3) is 2.10. The first-order valence-corrected chi connectivity index (χ1v) is 6.16. The zero-order chi connectivity index (χ0) is 14.3. The van der Waals surface area contributed by atoms with Crippen LogP contribution in [0.4, 0.5) is 8.78 Å². The summed E-state index contributed by atoms with van der Waals surface area (Å²) >= 11 is 5.81. The average Bonchev–Trinajstić information content (AvgIpc) is 2.70. The van der Waals surface area contributed by atoms with E-state index < -0.39 is 17.4 Å². The Morgan fingerprint density at radius 2 is 2.00 bits per heavy atom. The molecule has 3 rings (SSSR count). The first-order valence-electron chi connectivity index (χ1n) is 5.78. The van der Waals surface area contributed by atoms with Crippen LogP contribution in [0.1, 0.15) is 5.56 Å². The van der Waals surface area contributed by atoms with Crippen LogP contribution in [0.25, 0.3) is 11.1 Å². The number of aromatic nitrogens is 1. The molecule has 2 aromatic carbocycles. The van der Waals surface area contributed by atoms with E-state index in [0.29, 0.717) is 16.1 Å². The summed E-state index contributed by atoms with van der Waals surface area (Å²) in [5, 5.41) is 0.426. The SMILES string of the molecule is O=c1oc2cc(Cl)ccc2n1Cc1cccc(F)c1F. The third-order valence-corrected chi connectivity index (χ3v) is 3.23. The van der Waals surface area contributed by atoms with Crippen molar-refractivity contribution in [1.82, 2.24) is 4.57 Å². The Hall–Kier alpha value is -2.14. The van der Waals surface area contributed by atoms with E-state index in [1.807, 2.05) is 0 Å². The van der Waals surface area contributed by atoms with Gasteiger partial charge in [0, 0.05) is 16.7 Å². The van der Waals surface area contributed by atoms with Crippen LogP contribution in [0.3, 0.4) is 0 Å². The molecule has 0 radical (unpaired) electrons. The molecular weight excluding hydrogens is 288 g/mol. The molecule has 0 N–H and O–H groups in total. The zero-order valence-corrected chi connectivity index (χ0v) is 10.8. The minimum Gasteiger partial charge on any atom is -0.408 e. The molecule has 1 aromatic heterocycles. The highest BCUT2D eigenvalue weighted by molar-refractivity contribution is 6.31. The Labute approximate surface area is 117 Å². The molecule has 0 aliphatic heterocycles. The molecule has 0 aliphatic rings. The van der Waals surface area contributed by atoms with E-state index >= 15 is 0 Å². The second kappa shape index (κ2) is 4.76. The summed E-state index contributed by atoms with van der Waals surface area (Å²) in [6.45, 7) is -0.114. The average molecular weight is 296 g/mol. The summed E-state index contributed by atoms with van der Waals surface area (Å²) in [5.41, 5.74) is 0.854. The molecule has 3 nitrogen and oxygen atoms in total. The van der Waals surface area contributed by atoms with Gasteiger partial charge in [-0.15, -0.1) is 0 Å². The maximum atomic E-state index is 13.6. The van der Waals surface area contributed by atoms with E-state index in [1.165, 1.54) is 22.8 Å². The van der Waals surface area contributed by atoms with Gasteiger partial charge >= 0.3 is 5.76 Å². The molecule has 0 amide bonds. The summed E-state index contributed by atoms with van der Waals surface area (Å²) < 4.78 is 33.1. The number of benzene rings is 2. The molecule has 20 heavy (non-hydrogen) atoms. The molecule has 0 aliphatic carbocycles. The van der Waals surface area contributed by atoms with Gasteiger partial charge < -0.3 is 4.42 Å². The minimum absolute atomic E-state index is 0.0738. The van der Waals surface area contributed by atoms with Crippen molar-refractivity contribution in [3.63, 3.8) is 0 Å². The largest absolute Gasteiger partial charge is 0.420 e. The van der Waals surface area contributed by atoms with Crippen LogP contribution in [0.5, 0.6) is 0 Å². The molecule has 1 heterocycles. The van der Waals surface area contributed by atoms with Gasteiger partial charge in [0.05, 0.1) is 12.1 Å². The standard InChI is InChI=1S/C14H8ClF2NO2/c15-9-4-5-11-12(6-9)20-14(19)18(11)7-8-2-1-3-10(16)13(8)17/h1-6H,7H2. The van der Waals surface area contributed by atoms with Gasteiger partial charge in [0.15, 0.2) is 17.2 Å². The molecule has 102 valence electrons. The predicted octanol–water partition coefficient (Wildman–Crippen LogP) is 3.57. The van der Waals surface area contributed by atoms with Crippen molar-refractivity contribution >= 4 is 22.7 Å². The molecule has 0 unspecified atom stereocenters. The molecule has 3 aromatic rings. The Kier molecular flexibility index (Phi) is 3.06. The second-order valence-corrected chi connectivity index (χ2v) is 4.72. The second-order valence-electron chi connectivity index (χ2n) is 4.28. The monoisotopic (exact) mass is 295 g/mol. The van der Waals surface area contributed by atoms with Gasteiger partial charge in [-0.3, -0.25) is 4.57 Å². The van der Waals surface area contributed by atoms with Gasteiger partial charge in [-0.2, -0.15) is 0 Å². The van der Waals surface area contributed by atoms with Crippen LogP contribution in [-0.2, 0) is 6.54 Å². The van der Waals surface area contributed by atoms with E-state index in [1.54, 1.807) is 12.1 Å². The number of oxazole rings is 1. The number of fused-ring (bicyclic) bond motifs is 1. The molecule has 0 fully saturated rings. The quantitative estimate of drug-likeness (QED) is 0.724. The van der Waals surface area contributed by atoms with Gasteiger partial charge in [0.1, 0.15) is 0 Å². The first-order chi connectivity index (χ1) is 9.56. The zero-order valence-electron chi connectivity index (χ0n) is 10.1. The Morgan fingerprint density at radius 1 is 1.20 bits per heavy atom. The number of nitrogens with zero attached hydrogens (tertiary/aromatic N) is 1. The lowest BCUT2D eigenvalue weighted by atomic mass is 10.2. The smallest absolute Gasteiger partial charge is 0.408 e. The highest BCUT2D eigenvalue weighted by Gasteiger charge is 2.13. The number of hydrogen-bond donors (Lipinski definition) is 0. The van der Waals surface area contributed by atoms with Gasteiger partial charge in [-0.25, -0.2) is 13.6 Å². The molecule has 0 spiro atoms. The van der Waals surface area contributed by atoms with Gasteiger partial charge in [-0.05, 0) is 18.2 Å². The summed E-state index contributed by atoms with van der Waals surface area (Å²) in [4.78, 5) is 11.8. The molecule has 0 saturated heterocycles. The van der Waals surface area contributed by atoms with Crippen LogP contribution >= 0.6 is 11.6 Å². The summed E-state index contributed by atoms with van der Waals surface area (Å²) in [5.74, 6) is -2.57. The van der Waals surface area contributed by atoms with Crippen molar-refractivity contribution < 1.29 is 13.2 Å². The normalized spacial score (nSPS) is 11.2. The topological polar surface area (TPSA) is 35.1 Å². The van der Waals surface area contributed by atoms with Crippen molar-refractivity contribution in [3.8, 4) is 0 Å². The minimum atomic E-state index is -0.970. The van der Waals surface area contributed by atoms with Crippen LogP contribution in [-0.4, -0.2) is 4.57 Å². The Balaban J connectivity index is 2.13. The van der Waals surface area contributed by atoms with Gasteiger partial charge in [0.2, 0.25) is 0 Å². The lowest BCUT2D eigenvalue weighted by Gasteiger charge is -2.04. The number of rotatable bonds is 2. The number of halogens is 3. The van der Waals surface area contributed by atoms with Crippen LogP contribution in [0, 0.1) is 11.6 Å². The fourth-order valence-electron chi connectivity index (χ4n) is 2.03. The van der Waals surface area contributed by atoms with Crippen LogP contribution in [0.15, 0.2) is 45.6 Å². The van der Waals surface area contributed by atoms with Crippen molar-refractivity contribution in [2.45, 2.75) is 6.54 Å². The van der Waals surface area contributed by atoms with E-state index in [2.05, 4.69) is 0 Å². The summed E-state index contributed by atoms with van der Waals surface area (Å²) in [7, 11) is 0. The maximum Gasteiger partial charge on any atom is 0.420 e. The van der Waals surface area contributed by atoms with Crippen LogP contribution in [0.2, 0.25) is 5.02 Å². The van der Waals surface area contributed by atoms with E-state index in [4.69, 9.17) is 16.0 Å². The first kappa shape index (κ1) is 12.9. The highest BCUT2D eigenvalue weighted by Crippen LogP contribution is 2.20. The van der Waals surface area contributed by atoms with Gasteiger partial charge in [-0.1, -0.05) is 23.7 Å². The van der Waals surface area contributed by atoms with E-state index in [0.717, 1.165) is 6.07 Å². The molecule has 0 atom stereocenters.